The highest BCUT2D eigenvalue weighted by Gasteiger charge is 2.21. The molecule has 3 aromatic carbocycles. The first-order valence-electron chi connectivity index (χ1n) is 12.1. The van der Waals surface area contributed by atoms with Crippen LogP contribution in [0.5, 0.6) is 0 Å². The number of carbonyl (C=O) groups is 1. The number of hydrogen-bond donors (Lipinski definition) is 1. The zero-order valence-electron chi connectivity index (χ0n) is 19.9. The van der Waals surface area contributed by atoms with Crippen molar-refractivity contribution in [3.05, 3.63) is 101 Å². The van der Waals surface area contributed by atoms with Crippen LogP contribution in [0.2, 0.25) is 0 Å². The van der Waals surface area contributed by atoms with E-state index in [1.165, 1.54) is 15.7 Å². The van der Waals surface area contributed by atoms with E-state index >= 15 is 0 Å². The first-order chi connectivity index (χ1) is 17.1. The van der Waals surface area contributed by atoms with E-state index in [2.05, 4.69) is 57.6 Å². The van der Waals surface area contributed by atoms with Gasteiger partial charge in [0.05, 0.1) is 5.52 Å². The van der Waals surface area contributed by atoms with Crippen LogP contribution in [-0.4, -0.2) is 46.5 Å². The van der Waals surface area contributed by atoms with Crippen LogP contribution in [0.25, 0.3) is 11.1 Å². The second-order valence-corrected chi connectivity index (χ2v) is 9.11. The van der Waals surface area contributed by atoms with E-state index in [1.54, 1.807) is 25.1 Å². The number of benzene rings is 3. The van der Waals surface area contributed by atoms with E-state index in [-0.39, 0.29) is 5.91 Å². The minimum Gasteiger partial charge on any atom is -0.408 e. The Hall–Kier alpha value is -3.68. The van der Waals surface area contributed by atoms with Gasteiger partial charge in [0.2, 0.25) is 5.91 Å². The molecule has 1 unspecified atom stereocenters. The van der Waals surface area contributed by atoms with Gasteiger partial charge in [-0.3, -0.25) is 19.2 Å². The molecule has 7 nitrogen and oxygen atoms in total. The van der Waals surface area contributed by atoms with Gasteiger partial charge in [-0.05, 0) is 42.3 Å². The molecule has 0 saturated carbocycles. The third-order valence-corrected chi connectivity index (χ3v) is 6.63. The fourth-order valence-corrected chi connectivity index (χ4v) is 4.61. The summed E-state index contributed by atoms with van der Waals surface area (Å²) in [5, 5.41) is 2.92. The molecule has 0 spiro atoms. The standard InChI is InChI=1S/C28H30N4O3/c1-21(32-25-9-5-6-10-26(25)35-28(32)34)27(33)29-24-13-11-23(12-14-24)20-31-17-15-30(16-18-31)19-22-7-3-2-4-8-22/h2-14,21H,15-20H2,1H3,(H,29,33). The van der Waals surface area contributed by atoms with Gasteiger partial charge in [-0.25, -0.2) is 4.79 Å². The summed E-state index contributed by atoms with van der Waals surface area (Å²) in [7, 11) is 0. The largest absolute Gasteiger partial charge is 0.420 e. The number of aromatic nitrogens is 1. The Balaban J connectivity index is 1.14. The van der Waals surface area contributed by atoms with Crippen LogP contribution in [0, 0.1) is 0 Å². The molecule has 7 heteroatoms. The molecule has 1 saturated heterocycles. The topological polar surface area (TPSA) is 70.7 Å². The van der Waals surface area contributed by atoms with E-state index in [1.807, 2.05) is 18.2 Å². The molecule has 0 aliphatic carbocycles. The molecule has 35 heavy (non-hydrogen) atoms. The Morgan fingerprint density at radius 1 is 0.829 bits per heavy atom. The summed E-state index contributed by atoms with van der Waals surface area (Å²) in [5.41, 5.74) is 4.37. The van der Waals surface area contributed by atoms with E-state index in [0.29, 0.717) is 16.8 Å². The number of anilines is 1. The quantitative estimate of drug-likeness (QED) is 0.440. The normalized spacial score (nSPS) is 15.8. The summed E-state index contributed by atoms with van der Waals surface area (Å²) in [6.45, 7) is 7.78. The van der Waals surface area contributed by atoms with Crippen molar-refractivity contribution in [1.82, 2.24) is 14.4 Å². The lowest BCUT2D eigenvalue weighted by atomic mass is 10.1. The zero-order valence-corrected chi connectivity index (χ0v) is 19.9. The second-order valence-electron chi connectivity index (χ2n) is 9.11. The Morgan fingerprint density at radius 2 is 1.40 bits per heavy atom. The molecule has 2 heterocycles. The number of rotatable bonds is 7. The number of piperazine rings is 1. The van der Waals surface area contributed by atoms with E-state index in [4.69, 9.17) is 4.42 Å². The van der Waals surface area contributed by atoms with Crippen molar-refractivity contribution in [2.24, 2.45) is 0 Å². The van der Waals surface area contributed by atoms with Crippen LogP contribution in [0.3, 0.4) is 0 Å². The fourth-order valence-electron chi connectivity index (χ4n) is 4.61. The summed E-state index contributed by atoms with van der Waals surface area (Å²) in [4.78, 5) is 30.1. The number of para-hydroxylation sites is 2. The van der Waals surface area contributed by atoms with Gasteiger partial charge < -0.3 is 9.73 Å². The summed E-state index contributed by atoms with van der Waals surface area (Å²) in [5.74, 6) is -0.797. The van der Waals surface area contributed by atoms with Gasteiger partial charge in [-0.1, -0.05) is 54.6 Å². The molecule has 1 aliphatic rings. The molecule has 180 valence electrons. The average Bonchev–Trinajstić information content (AvgIpc) is 3.22. The van der Waals surface area contributed by atoms with Gasteiger partial charge in [0.1, 0.15) is 6.04 Å². The fraction of sp³-hybridized carbons (Fsp3) is 0.286. The first kappa shape index (κ1) is 23.1. The minimum atomic E-state index is -0.696. The van der Waals surface area contributed by atoms with Gasteiger partial charge in [0, 0.05) is 45.0 Å². The maximum absolute atomic E-state index is 12.8. The van der Waals surface area contributed by atoms with Crippen LogP contribution < -0.4 is 11.1 Å². The highest BCUT2D eigenvalue weighted by atomic mass is 16.4. The average molecular weight is 471 g/mol. The van der Waals surface area contributed by atoms with Crippen molar-refractivity contribution in [3.63, 3.8) is 0 Å². The van der Waals surface area contributed by atoms with E-state index < -0.39 is 11.8 Å². The monoisotopic (exact) mass is 470 g/mol. The van der Waals surface area contributed by atoms with Crippen LogP contribution in [0.1, 0.15) is 24.1 Å². The van der Waals surface area contributed by atoms with Gasteiger partial charge in [-0.15, -0.1) is 0 Å². The van der Waals surface area contributed by atoms with E-state index in [9.17, 15) is 9.59 Å². The maximum atomic E-state index is 12.8. The molecule has 4 aromatic rings. The number of oxazole rings is 1. The first-order valence-corrected chi connectivity index (χ1v) is 12.1. The lowest BCUT2D eigenvalue weighted by Crippen LogP contribution is -2.45. The molecular formula is C28H30N4O3. The Morgan fingerprint density at radius 3 is 2.06 bits per heavy atom. The van der Waals surface area contributed by atoms with Gasteiger partial charge in [0.15, 0.2) is 5.58 Å². The number of amides is 1. The van der Waals surface area contributed by atoms with Crippen molar-refractivity contribution >= 4 is 22.7 Å². The molecule has 5 rings (SSSR count). The van der Waals surface area contributed by atoms with Crippen molar-refractivity contribution in [2.75, 3.05) is 31.5 Å². The summed E-state index contributed by atoms with van der Waals surface area (Å²) >= 11 is 0. The lowest BCUT2D eigenvalue weighted by molar-refractivity contribution is -0.118. The highest BCUT2D eigenvalue weighted by molar-refractivity contribution is 5.94. The molecule has 0 radical (unpaired) electrons. The number of carbonyl (C=O) groups excluding carboxylic acids is 1. The molecule has 1 fully saturated rings. The van der Waals surface area contributed by atoms with E-state index in [0.717, 1.165) is 39.3 Å². The molecule has 1 amide bonds. The Bertz CT molecular complexity index is 1340. The summed E-state index contributed by atoms with van der Waals surface area (Å²) in [6, 6.07) is 25.0. The van der Waals surface area contributed by atoms with Crippen LogP contribution in [0.4, 0.5) is 5.69 Å². The van der Waals surface area contributed by atoms with Crippen molar-refractivity contribution in [1.29, 1.82) is 0 Å². The Labute approximate surface area is 204 Å². The molecular weight excluding hydrogens is 440 g/mol. The lowest BCUT2D eigenvalue weighted by Gasteiger charge is -2.34. The van der Waals surface area contributed by atoms with Crippen molar-refractivity contribution < 1.29 is 9.21 Å². The molecule has 0 bridgehead atoms. The summed E-state index contributed by atoms with van der Waals surface area (Å²) < 4.78 is 6.65. The SMILES string of the molecule is CC(C(=O)Nc1ccc(CN2CCN(Cc3ccccc3)CC2)cc1)n1c(=O)oc2ccccc21. The predicted molar refractivity (Wildman–Crippen MR) is 137 cm³/mol. The zero-order chi connectivity index (χ0) is 24.2. The smallest absolute Gasteiger partial charge is 0.408 e. The third-order valence-electron chi connectivity index (χ3n) is 6.63. The highest BCUT2D eigenvalue weighted by Crippen LogP contribution is 2.19. The number of nitrogens with zero attached hydrogens (tertiary/aromatic N) is 3. The predicted octanol–water partition coefficient (Wildman–Crippen LogP) is 4.11. The molecule has 1 aliphatic heterocycles. The second kappa shape index (κ2) is 10.3. The van der Waals surface area contributed by atoms with Gasteiger partial charge in [-0.2, -0.15) is 0 Å². The summed E-state index contributed by atoms with van der Waals surface area (Å²) in [6.07, 6.45) is 0. The molecule has 1 atom stereocenters. The molecule has 1 aromatic heterocycles. The number of hydrogen-bond acceptors (Lipinski definition) is 5. The van der Waals surface area contributed by atoms with Gasteiger partial charge in [0.25, 0.3) is 0 Å². The van der Waals surface area contributed by atoms with Crippen LogP contribution >= 0.6 is 0 Å². The Kier molecular flexibility index (Phi) is 6.79. The number of nitrogens with one attached hydrogen (secondary N) is 1. The third kappa shape index (κ3) is 5.37. The molecule has 1 N–H and O–H groups in total. The van der Waals surface area contributed by atoms with Crippen LogP contribution in [-0.2, 0) is 17.9 Å². The maximum Gasteiger partial charge on any atom is 0.420 e. The van der Waals surface area contributed by atoms with Crippen molar-refractivity contribution in [3.8, 4) is 0 Å². The van der Waals surface area contributed by atoms with Gasteiger partial charge >= 0.3 is 5.76 Å². The minimum absolute atomic E-state index is 0.263. The van der Waals surface area contributed by atoms with Crippen LogP contribution in [0.15, 0.2) is 88.1 Å². The number of fused-ring (bicyclic) bond motifs is 1. The van der Waals surface area contributed by atoms with Crippen molar-refractivity contribution in [2.45, 2.75) is 26.1 Å².